The molecule has 3 heteroatoms. The molecular formula is C16H28N2O. The fourth-order valence-corrected chi connectivity index (χ4v) is 2.36. The zero-order chi connectivity index (χ0) is 13.9. The van der Waals surface area contributed by atoms with E-state index in [4.69, 9.17) is 0 Å². The first-order chi connectivity index (χ1) is 9.25. The van der Waals surface area contributed by atoms with E-state index in [1.807, 2.05) is 13.0 Å². The van der Waals surface area contributed by atoms with Crippen molar-refractivity contribution in [3.05, 3.63) is 11.6 Å². The molecule has 0 aromatic rings. The average Bonchev–Trinajstić information content (AvgIpc) is 2.72. The Hall–Kier alpha value is -1.12. The van der Waals surface area contributed by atoms with Gasteiger partial charge in [-0.15, -0.1) is 0 Å². The summed E-state index contributed by atoms with van der Waals surface area (Å²) >= 11 is 0. The van der Waals surface area contributed by atoms with Crippen molar-refractivity contribution in [1.29, 1.82) is 0 Å². The highest BCUT2D eigenvalue weighted by Gasteiger charge is 2.17. The summed E-state index contributed by atoms with van der Waals surface area (Å²) in [6, 6.07) is 0. The van der Waals surface area contributed by atoms with Crippen LogP contribution in [-0.4, -0.2) is 11.6 Å². The van der Waals surface area contributed by atoms with Crippen molar-refractivity contribution in [3.8, 4) is 0 Å². The Morgan fingerprint density at radius 1 is 1.00 bits per heavy atom. The van der Waals surface area contributed by atoms with Gasteiger partial charge in [0.25, 0.3) is 5.91 Å². The Labute approximate surface area is 117 Å². The summed E-state index contributed by atoms with van der Waals surface area (Å²) in [4.78, 5) is 11.4. The van der Waals surface area contributed by atoms with Gasteiger partial charge in [-0.2, -0.15) is 5.10 Å². The highest BCUT2D eigenvalue weighted by molar-refractivity contribution is 6.23. The molecule has 0 radical (unpaired) electrons. The van der Waals surface area contributed by atoms with Crippen LogP contribution in [0, 0.1) is 0 Å². The van der Waals surface area contributed by atoms with Crippen LogP contribution in [0.2, 0.25) is 0 Å². The number of carbonyl (C=O) groups is 1. The molecule has 3 nitrogen and oxygen atoms in total. The van der Waals surface area contributed by atoms with Crippen LogP contribution in [-0.2, 0) is 4.79 Å². The Balaban J connectivity index is 1.95. The number of amides is 1. The van der Waals surface area contributed by atoms with Gasteiger partial charge >= 0.3 is 0 Å². The number of rotatable bonds is 10. The first-order valence-electron chi connectivity index (χ1n) is 7.81. The van der Waals surface area contributed by atoms with Crippen LogP contribution in [0.5, 0.6) is 0 Å². The number of hydrazone groups is 1. The van der Waals surface area contributed by atoms with Crippen LogP contribution in [0.3, 0.4) is 0 Å². The molecule has 1 rings (SSSR count). The number of hydrogen-bond acceptors (Lipinski definition) is 2. The zero-order valence-electron chi connectivity index (χ0n) is 12.5. The summed E-state index contributed by atoms with van der Waals surface area (Å²) in [6.07, 6.45) is 15.1. The van der Waals surface area contributed by atoms with E-state index in [0.717, 1.165) is 17.7 Å². The molecule has 0 atom stereocenters. The molecule has 0 fully saturated rings. The molecule has 0 unspecified atom stereocenters. The average molecular weight is 264 g/mol. The van der Waals surface area contributed by atoms with Gasteiger partial charge in [0, 0.05) is 0 Å². The van der Waals surface area contributed by atoms with E-state index in [2.05, 4.69) is 17.5 Å². The minimum Gasteiger partial charge on any atom is -0.267 e. The molecule has 0 aromatic carbocycles. The quantitative estimate of drug-likeness (QED) is 0.463. The van der Waals surface area contributed by atoms with Crippen molar-refractivity contribution < 1.29 is 4.79 Å². The highest BCUT2D eigenvalue weighted by Crippen LogP contribution is 2.12. The molecule has 1 aliphatic rings. The molecule has 108 valence electrons. The number of allylic oxidation sites excluding steroid dienone is 1. The second kappa shape index (κ2) is 9.76. The number of nitrogens with one attached hydrogen (secondary N) is 1. The summed E-state index contributed by atoms with van der Waals surface area (Å²) < 4.78 is 0. The summed E-state index contributed by atoms with van der Waals surface area (Å²) in [5, 5.41) is 3.91. The van der Waals surface area contributed by atoms with E-state index >= 15 is 0 Å². The first kappa shape index (κ1) is 15.9. The van der Waals surface area contributed by atoms with Gasteiger partial charge in [-0.05, 0) is 19.8 Å². The van der Waals surface area contributed by atoms with E-state index in [-0.39, 0.29) is 5.91 Å². The lowest BCUT2D eigenvalue weighted by atomic mass is 10.0. The third kappa shape index (κ3) is 6.55. The summed E-state index contributed by atoms with van der Waals surface area (Å²) in [5.41, 5.74) is 4.07. The number of hydrogen-bond donors (Lipinski definition) is 1. The minimum absolute atomic E-state index is 0.0478. The van der Waals surface area contributed by atoms with Crippen LogP contribution in [0.4, 0.5) is 0 Å². The molecule has 0 aromatic heterocycles. The molecule has 0 saturated carbocycles. The Morgan fingerprint density at radius 2 is 1.58 bits per heavy atom. The molecule has 1 aliphatic heterocycles. The SMILES string of the molecule is CCCCCCCCCCC/C=C1/C(=O)NN=C1C. The Morgan fingerprint density at radius 3 is 2.11 bits per heavy atom. The van der Waals surface area contributed by atoms with Gasteiger partial charge in [0.1, 0.15) is 0 Å². The van der Waals surface area contributed by atoms with Gasteiger partial charge in [0.05, 0.1) is 11.3 Å². The monoisotopic (exact) mass is 264 g/mol. The van der Waals surface area contributed by atoms with Gasteiger partial charge < -0.3 is 0 Å². The third-order valence-electron chi connectivity index (χ3n) is 3.62. The Bertz CT molecular complexity index is 332. The van der Waals surface area contributed by atoms with Crippen molar-refractivity contribution in [2.75, 3.05) is 0 Å². The van der Waals surface area contributed by atoms with Crippen molar-refractivity contribution >= 4 is 11.6 Å². The maximum Gasteiger partial charge on any atom is 0.272 e. The third-order valence-corrected chi connectivity index (χ3v) is 3.62. The minimum atomic E-state index is -0.0478. The lowest BCUT2D eigenvalue weighted by Gasteiger charge is -2.01. The van der Waals surface area contributed by atoms with Crippen LogP contribution in [0.1, 0.15) is 78.1 Å². The summed E-state index contributed by atoms with van der Waals surface area (Å²) in [7, 11) is 0. The van der Waals surface area contributed by atoms with Crippen molar-refractivity contribution in [2.45, 2.75) is 78.1 Å². The lowest BCUT2D eigenvalue weighted by Crippen LogP contribution is -2.12. The first-order valence-corrected chi connectivity index (χ1v) is 7.81. The summed E-state index contributed by atoms with van der Waals surface area (Å²) in [5.74, 6) is -0.0478. The van der Waals surface area contributed by atoms with Gasteiger partial charge in [0.15, 0.2) is 0 Å². The van der Waals surface area contributed by atoms with Gasteiger partial charge in [-0.25, -0.2) is 5.43 Å². The van der Waals surface area contributed by atoms with E-state index in [0.29, 0.717) is 0 Å². The second-order valence-electron chi connectivity index (χ2n) is 5.37. The van der Waals surface area contributed by atoms with E-state index in [9.17, 15) is 4.79 Å². The van der Waals surface area contributed by atoms with Crippen molar-refractivity contribution in [1.82, 2.24) is 5.43 Å². The second-order valence-corrected chi connectivity index (χ2v) is 5.37. The van der Waals surface area contributed by atoms with Crippen LogP contribution < -0.4 is 5.43 Å². The van der Waals surface area contributed by atoms with Crippen molar-refractivity contribution in [2.24, 2.45) is 5.10 Å². The molecule has 0 spiro atoms. The smallest absolute Gasteiger partial charge is 0.267 e. The molecular weight excluding hydrogens is 236 g/mol. The van der Waals surface area contributed by atoms with Crippen LogP contribution in [0.25, 0.3) is 0 Å². The molecule has 0 aliphatic carbocycles. The topological polar surface area (TPSA) is 41.5 Å². The molecule has 0 saturated heterocycles. The van der Waals surface area contributed by atoms with Crippen LogP contribution in [0.15, 0.2) is 16.8 Å². The number of unbranched alkanes of at least 4 members (excludes halogenated alkanes) is 9. The maximum absolute atomic E-state index is 11.4. The normalized spacial score (nSPS) is 16.8. The highest BCUT2D eigenvalue weighted by atomic mass is 16.2. The van der Waals surface area contributed by atoms with E-state index < -0.39 is 0 Å². The van der Waals surface area contributed by atoms with Gasteiger partial charge in [0.2, 0.25) is 0 Å². The lowest BCUT2D eigenvalue weighted by molar-refractivity contribution is -0.116. The van der Waals surface area contributed by atoms with Gasteiger partial charge in [-0.3, -0.25) is 4.79 Å². The Kier molecular flexibility index (Phi) is 8.19. The molecule has 1 heterocycles. The maximum atomic E-state index is 11.4. The fourth-order valence-electron chi connectivity index (χ4n) is 2.36. The van der Waals surface area contributed by atoms with Crippen LogP contribution >= 0.6 is 0 Å². The fraction of sp³-hybridized carbons (Fsp3) is 0.750. The van der Waals surface area contributed by atoms with E-state index in [1.165, 1.54) is 57.8 Å². The predicted molar refractivity (Wildman–Crippen MR) is 81.2 cm³/mol. The van der Waals surface area contributed by atoms with Gasteiger partial charge in [-0.1, -0.05) is 64.4 Å². The summed E-state index contributed by atoms with van der Waals surface area (Å²) in [6.45, 7) is 4.13. The predicted octanol–water partition coefficient (Wildman–Crippen LogP) is 4.34. The largest absolute Gasteiger partial charge is 0.272 e. The number of nitrogens with zero attached hydrogens (tertiary/aromatic N) is 1. The molecule has 19 heavy (non-hydrogen) atoms. The molecule has 1 amide bonds. The van der Waals surface area contributed by atoms with E-state index in [1.54, 1.807) is 0 Å². The molecule has 1 N–H and O–H groups in total. The van der Waals surface area contributed by atoms with Crippen molar-refractivity contribution in [3.63, 3.8) is 0 Å². The molecule has 0 bridgehead atoms. The standard InChI is InChI=1S/C16H28N2O/c1-3-4-5-6-7-8-9-10-11-12-13-15-14(2)17-18-16(15)19/h13H,3-12H2,1-2H3,(H,18,19)/b15-13+. The number of carbonyl (C=O) groups excluding carboxylic acids is 1. The zero-order valence-corrected chi connectivity index (χ0v) is 12.5.